The average Bonchev–Trinajstić information content (AvgIpc) is 2.95. The van der Waals surface area contributed by atoms with Crippen molar-refractivity contribution in [3.05, 3.63) is 23.0 Å². The molecule has 1 unspecified atom stereocenters. The van der Waals surface area contributed by atoms with Gasteiger partial charge in [-0.3, -0.25) is 9.48 Å². The maximum absolute atomic E-state index is 12.1. The Morgan fingerprint density at radius 1 is 1.40 bits per heavy atom. The van der Waals surface area contributed by atoms with Crippen LogP contribution < -0.4 is 0 Å². The third-order valence-corrected chi connectivity index (χ3v) is 3.78. The first-order valence-electron chi connectivity index (χ1n) is 6.63. The highest BCUT2D eigenvalue weighted by Crippen LogP contribution is 2.19. The molecule has 0 radical (unpaired) electrons. The van der Waals surface area contributed by atoms with E-state index in [0.29, 0.717) is 13.0 Å². The molecule has 0 aromatic carbocycles. The van der Waals surface area contributed by atoms with Gasteiger partial charge in [-0.2, -0.15) is 5.10 Å². The van der Waals surface area contributed by atoms with Crippen molar-refractivity contribution in [2.75, 3.05) is 6.54 Å². The molecule has 108 valence electrons. The molecule has 0 saturated carbocycles. The van der Waals surface area contributed by atoms with Crippen LogP contribution in [0.25, 0.3) is 6.08 Å². The topological polar surface area (TPSA) is 75.4 Å². The highest BCUT2D eigenvalue weighted by molar-refractivity contribution is 5.95. The number of likely N-dealkylation sites (tertiary alicyclic amines) is 1. The van der Waals surface area contributed by atoms with Gasteiger partial charge in [0.25, 0.3) is 0 Å². The second kappa shape index (κ2) is 5.48. The quantitative estimate of drug-likeness (QED) is 0.840. The second-order valence-electron chi connectivity index (χ2n) is 5.07. The van der Waals surface area contributed by atoms with E-state index in [2.05, 4.69) is 5.10 Å². The van der Waals surface area contributed by atoms with E-state index in [9.17, 15) is 9.59 Å². The van der Waals surface area contributed by atoms with Crippen molar-refractivity contribution in [2.45, 2.75) is 32.7 Å². The number of aliphatic carboxylic acids is 1. The molecular weight excluding hydrogens is 258 g/mol. The number of rotatable bonds is 3. The van der Waals surface area contributed by atoms with Gasteiger partial charge in [0.05, 0.1) is 5.69 Å². The molecule has 2 rings (SSSR count). The number of carbonyl (C=O) groups excluding carboxylic acids is 1. The lowest BCUT2D eigenvalue weighted by molar-refractivity contribution is -0.146. The Morgan fingerprint density at radius 3 is 2.65 bits per heavy atom. The summed E-state index contributed by atoms with van der Waals surface area (Å²) in [5, 5.41) is 13.4. The van der Waals surface area contributed by atoms with E-state index in [1.807, 2.05) is 20.9 Å². The zero-order valence-electron chi connectivity index (χ0n) is 12.0. The lowest BCUT2D eigenvalue weighted by Crippen LogP contribution is -2.39. The summed E-state index contributed by atoms with van der Waals surface area (Å²) >= 11 is 0. The fourth-order valence-electron chi connectivity index (χ4n) is 2.57. The molecule has 0 bridgehead atoms. The standard InChI is InChI=1S/C14H19N3O3/c1-9-11(10(2)16(3)15-9)6-7-13(18)17-8-4-5-12(17)14(19)20/h6-7,12H,4-5,8H2,1-3H3,(H,19,20)/b7-6+. The van der Waals surface area contributed by atoms with Crippen LogP contribution in [0, 0.1) is 13.8 Å². The molecule has 1 amide bonds. The summed E-state index contributed by atoms with van der Waals surface area (Å²) in [6, 6.07) is -0.691. The number of hydrogen-bond donors (Lipinski definition) is 1. The molecule has 20 heavy (non-hydrogen) atoms. The molecule has 0 aliphatic carbocycles. The molecule has 0 spiro atoms. The highest BCUT2D eigenvalue weighted by atomic mass is 16.4. The normalized spacial score (nSPS) is 18.9. The molecule has 6 nitrogen and oxygen atoms in total. The van der Waals surface area contributed by atoms with Gasteiger partial charge in [-0.15, -0.1) is 0 Å². The van der Waals surface area contributed by atoms with E-state index in [4.69, 9.17) is 5.11 Å². The number of nitrogens with zero attached hydrogens (tertiary/aromatic N) is 3. The van der Waals surface area contributed by atoms with Gasteiger partial charge in [-0.05, 0) is 32.8 Å². The Labute approximate surface area is 117 Å². The van der Waals surface area contributed by atoms with Gasteiger partial charge in [-0.25, -0.2) is 4.79 Å². The Hall–Kier alpha value is -2.11. The number of aryl methyl sites for hydroxylation is 2. The highest BCUT2D eigenvalue weighted by Gasteiger charge is 2.32. The lowest BCUT2D eigenvalue weighted by Gasteiger charge is -2.19. The van der Waals surface area contributed by atoms with Gasteiger partial charge >= 0.3 is 5.97 Å². The Kier molecular flexibility index (Phi) is 3.92. The van der Waals surface area contributed by atoms with Gasteiger partial charge in [0.15, 0.2) is 0 Å². The first kappa shape index (κ1) is 14.3. The molecule has 1 saturated heterocycles. The Bertz CT molecular complexity index is 574. The van der Waals surface area contributed by atoms with E-state index in [0.717, 1.165) is 23.4 Å². The molecule has 2 heterocycles. The zero-order chi connectivity index (χ0) is 14.9. The molecular formula is C14H19N3O3. The van der Waals surface area contributed by atoms with Gasteiger partial charge < -0.3 is 10.0 Å². The third kappa shape index (κ3) is 2.59. The number of carboxylic acid groups (broad SMARTS) is 1. The van der Waals surface area contributed by atoms with Gasteiger partial charge in [0.1, 0.15) is 6.04 Å². The summed E-state index contributed by atoms with van der Waals surface area (Å²) in [6.07, 6.45) is 4.43. The van der Waals surface area contributed by atoms with Crippen LogP contribution in [-0.2, 0) is 16.6 Å². The van der Waals surface area contributed by atoms with Crippen molar-refractivity contribution >= 4 is 18.0 Å². The number of amides is 1. The average molecular weight is 277 g/mol. The Balaban J connectivity index is 2.15. The van der Waals surface area contributed by atoms with Crippen molar-refractivity contribution in [1.82, 2.24) is 14.7 Å². The monoisotopic (exact) mass is 277 g/mol. The van der Waals surface area contributed by atoms with E-state index >= 15 is 0 Å². The summed E-state index contributed by atoms with van der Waals surface area (Å²) < 4.78 is 1.76. The van der Waals surface area contributed by atoms with Crippen molar-refractivity contribution in [3.63, 3.8) is 0 Å². The van der Waals surface area contributed by atoms with E-state index < -0.39 is 12.0 Å². The molecule has 1 atom stereocenters. The van der Waals surface area contributed by atoms with Crippen molar-refractivity contribution < 1.29 is 14.7 Å². The van der Waals surface area contributed by atoms with E-state index in [1.54, 1.807) is 10.8 Å². The van der Waals surface area contributed by atoms with Crippen molar-refractivity contribution in [2.24, 2.45) is 7.05 Å². The second-order valence-corrected chi connectivity index (χ2v) is 5.07. The summed E-state index contributed by atoms with van der Waals surface area (Å²) in [4.78, 5) is 24.6. The SMILES string of the molecule is Cc1nn(C)c(C)c1/C=C/C(=O)N1CCCC1C(=O)O. The van der Waals surface area contributed by atoms with Gasteiger partial charge in [0.2, 0.25) is 5.91 Å². The zero-order valence-corrected chi connectivity index (χ0v) is 12.0. The minimum Gasteiger partial charge on any atom is -0.480 e. The van der Waals surface area contributed by atoms with E-state index in [1.165, 1.54) is 11.0 Å². The minimum atomic E-state index is -0.932. The maximum atomic E-state index is 12.1. The maximum Gasteiger partial charge on any atom is 0.326 e. The van der Waals surface area contributed by atoms with Crippen LogP contribution in [0.5, 0.6) is 0 Å². The van der Waals surface area contributed by atoms with E-state index in [-0.39, 0.29) is 5.91 Å². The summed E-state index contributed by atoms with van der Waals surface area (Å²) in [6.45, 7) is 4.32. The van der Waals surface area contributed by atoms with Crippen LogP contribution in [0.4, 0.5) is 0 Å². The van der Waals surface area contributed by atoms with Crippen molar-refractivity contribution in [3.8, 4) is 0 Å². The predicted octanol–water partition coefficient (Wildman–Crippen LogP) is 1.13. The Morgan fingerprint density at radius 2 is 2.10 bits per heavy atom. The van der Waals surface area contributed by atoms with Gasteiger partial charge in [0, 0.05) is 30.9 Å². The number of aromatic nitrogens is 2. The molecule has 1 fully saturated rings. The predicted molar refractivity (Wildman–Crippen MR) is 74.1 cm³/mol. The fourth-order valence-corrected chi connectivity index (χ4v) is 2.57. The van der Waals surface area contributed by atoms with Crippen LogP contribution in [0.1, 0.15) is 29.8 Å². The summed E-state index contributed by atoms with van der Waals surface area (Å²) in [5.41, 5.74) is 2.74. The first-order valence-corrected chi connectivity index (χ1v) is 6.63. The number of carbonyl (C=O) groups is 2. The smallest absolute Gasteiger partial charge is 0.326 e. The van der Waals surface area contributed by atoms with Crippen LogP contribution in [0.3, 0.4) is 0 Å². The van der Waals surface area contributed by atoms with Gasteiger partial charge in [-0.1, -0.05) is 0 Å². The van der Waals surface area contributed by atoms with Crippen LogP contribution in [0.15, 0.2) is 6.08 Å². The first-order chi connectivity index (χ1) is 9.41. The van der Waals surface area contributed by atoms with Crippen LogP contribution in [-0.4, -0.2) is 44.3 Å². The number of hydrogen-bond acceptors (Lipinski definition) is 3. The minimum absolute atomic E-state index is 0.252. The molecule has 1 aliphatic rings. The fraction of sp³-hybridized carbons (Fsp3) is 0.500. The van der Waals surface area contributed by atoms with Crippen molar-refractivity contribution in [1.29, 1.82) is 0 Å². The number of carboxylic acids is 1. The third-order valence-electron chi connectivity index (χ3n) is 3.78. The largest absolute Gasteiger partial charge is 0.480 e. The molecule has 1 aromatic heterocycles. The summed E-state index contributed by atoms with van der Waals surface area (Å²) in [5.74, 6) is -1.18. The summed E-state index contributed by atoms with van der Waals surface area (Å²) in [7, 11) is 1.85. The molecule has 1 aliphatic heterocycles. The molecule has 1 aromatic rings. The molecule has 6 heteroatoms. The molecule has 1 N–H and O–H groups in total. The lowest BCUT2D eigenvalue weighted by atomic mass is 10.1. The van der Waals surface area contributed by atoms with Crippen LogP contribution in [0.2, 0.25) is 0 Å². The van der Waals surface area contributed by atoms with Crippen LogP contribution >= 0.6 is 0 Å².